The van der Waals surface area contributed by atoms with Crippen LogP contribution in [0.4, 0.5) is 5.82 Å². The van der Waals surface area contributed by atoms with Crippen LogP contribution in [0.15, 0.2) is 55.2 Å². The highest BCUT2D eigenvalue weighted by atomic mass is 16.2. The van der Waals surface area contributed by atoms with Gasteiger partial charge >= 0.3 is 0 Å². The smallest absolute Gasteiger partial charge is 0.271 e. The first-order valence-corrected chi connectivity index (χ1v) is 14.1. The topological polar surface area (TPSA) is 128 Å². The second kappa shape index (κ2) is 9.60. The molecular formula is C32H31N9O. The molecule has 4 heterocycles. The molecular weight excluding hydrogens is 526 g/mol. The Hall–Kier alpha value is -4.88. The van der Waals surface area contributed by atoms with Crippen LogP contribution >= 0.6 is 0 Å². The van der Waals surface area contributed by atoms with Gasteiger partial charge in [-0.3, -0.25) is 14.8 Å². The number of anilines is 1. The van der Waals surface area contributed by atoms with Crippen LogP contribution in [-0.4, -0.2) is 59.9 Å². The lowest BCUT2D eigenvalue weighted by Gasteiger charge is -2.30. The van der Waals surface area contributed by atoms with Gasteiger partial charge in [-0.05, 0) is 58.3 Å². The van der Waals surface area contributed by atoms with Crippen molar-refractivity contribution in [2.24, 2.45) is 0 Å². The maximum Gasteiger partial charge on any atom is 0.271 e. The number of fused-ring (bicyclic) bond motifs is 4. The zero-order chi connectivity index (χ0) is 29.1. The summed E-state index contributed by atoms with van der Waals surface area (Å²) in [6, 6.07) is 10.1. The first-order chi connectivity index (χ1) is 20.3. The number of rotatable bonds is 6. The first kappa shape index (κ1) is 26.0. The fourth-order valence-electron chi connectivity index (χ4n) is 7.05. The van der Waals surface area contributed by atoms with Crippen molar-refractivity contribution < 1.29 is 4.79 Å². The maximum atomic E-state index is 13.3. The molecule has 0 radical (unpaired) electrons. The normalized spacial score (nSPS) is 21.3. The molecule has 4 aromatic heterocycles. The molecule has 2 saturated carbocycles. The number of terminal acetylenes is 1. The fourth-order valence-corrected chi connectivity index (χ4v) is 7.05. The summed E-state index contributed by atoms with van der Waals surface area (Å²) in [4.78, 5) is 37.9. The van der Waals surface area contributed by atoms with Crippen LogP contribution in [-0.2, 0) is 12.1 Å². The molecule has 42 heavy (non-hydrogen) atoms. The van der Waals surface area contributed by atoms with Crippen molar-refractivity contribution in [2.45, 2.75) is 49.7 Å². The molecule has 2 aliphatic rings. The SMILES string of the molecule is C#Cc1c(-c2cnc3ccccc3c2)c2c(N)ncnc2n1C12CCC(NC(=O)c3cnc(CN(C)C)cn3)(CC1)C2. The Morgan fingerprint density at radius 3 is 2.62 bits per heavy atom. The molecule has 1 aromatic carbocycles. The largest absolute Gasteiger partial charge is 0.383 e. The molecule has 10 heteroatoms. The van der Waals surface area contributed by atoms with Gasteiger partial charge in [0.1, 0.15) is 29.2 Å². The third kappa shape index (κ3) is 4.08. The monoisotopic (exact) mass is 557 g/mol. The zero-order valence-corrected chi connectivity index (χ0v) is 23.6. The molecule has 1 amide bonds. The highest BCUT2D eigenvalue weighted by Gasteiger charge is 2.57. The van der Waals surface area contributed by atoms with Gasteiger partial charge in [0.15, 0.2) is 0 Å². The lowest BCUT2D eigenvalue weighted by molar-refractivity contribution is 0.0895. The summed E-state index contributed by atoms with van der Waals surface area (Å²) in [6.07, 6.45) is 16.9. The van der Waals surface area contributed by atoms with E-state index in [9.17, 15) is 4.79 Å². The second-order valence-corrected chi connectivity index (χ2v) is 11.8. The van der Waals surface area contributed by atoms with Gasteiger partial charge in [0.05, 0.1) is 29.0 Å². The average molecular weight is 558 g/mol. The molecule has 0 saturated heterocycles. The standard InChI is InChI=1S/C32H31N9O/c1-4-25-26(21-13-20-7-5-6-8-23(20)35-14-21)27-28(33)37-19-38-29(27)41(25)32-11-9-31(18-32,10-12-32)39-30(42)24-16-34-22(15-36-24)17-40(2)3/h1,5-8,13-16,19H,9-12,17-18H2,2-3H3,(H,39,42)(H2,33,37,38). The second-order valence-electron chi connectivity index (χ2n) is 11.8. The molecule has 210 valence electrons. The summed E-state index contributed by atoms with van der Waals surface area (Å²) in [5.74, 6) is 3.15. The van der Waals surface area contributed by atoms with Gasteiger partial charge in [-0.15, -0.1) is 6.42 Å². The number of hydrogen-bond donors (Lipinski definition) is 2. The number of hydrogen-bond acceptors (Lipinski definition) is 8. The minimum atomic E-state index is -0.368. The van der Waals surface area contributed by atoms with Gasteiger partial charge in [-0.25, -0.2) is 15.0 Å². The Morgan fingerprint density at radius 1 is 1.07 bits per heavy atom. The molecule has 5 aromatic rings. The molecule has 0 aliphatic heterocycles. The van der Waals surface area contributed by atoms with Crippen LogP contribution < -0.4 is 11.1 Å². The number of nitrogens with two attached hydrogens (primary N) is 1. The van der Waals surface area contributed by atoms with Crippen molar-refractivity contribution in [2.75, 3.05) is 19.8 Å². The number of para-hydroxylation sites is 1. The molecule has 2 fully saturated rings. The van der Waals surface area contributed by atoms with E-state index in [4.69, 9.17) is 22.1 Å². The van der Waals surface area contributed by atoms with E-state index in [2.05, 4.69) is 36.8 Å². The quantitative estimate of drug-likeness (QED) is 0.301. The molecule has 10 nitrogen and oxygen atoms in total. The molecule has 0 atom stereocenters. The average Bonchev–Trinajstić information content (AvgIpc) is 3.65. The number of nitrogens with zero attached hydrogens (tertiary/aromatic N) is 7. The van der Waals surface area contributed by atoms with Crippen LogP contribution in [0.2, 0.25) is 0 Å². The Labute approximate surface area is 243 Å². The van der Waals surface area contributed by atoms with E-state index in [1.807, 2.05) is 49.5 Å². The number of carbonyl (C=O) groups is 1. The molecule has 0 spiro atoms. The van der Waals surface area contributed by atoms with Crippen molar-refractivity contribution >= 4 is 33.7 Å². The molecule has 2 bridgehead atoms. The number of aromatic nitrogens is 6. The van der Waals surface area contributed by atoms with E-state index in [1.54, 1.807) is 12.4 Å². The number of benzene rings is 1. The summed E-state index contributed by atoms with van der Waals surface area (Å²) in [5, 5.41) is 5.07. The molecule has 0 unspecified atom stereocenters. The van der Waals surface area contributed by atoms with E-state index in [0.717, 1.165) is 65.2 Å². The van der Waals surface area contributed by atoms with Crippen molar-refractivity contribution in [3.05, 3.63) is 72.3 Å². The van der Waals surface area contributed by atoms with Gasteiger partial charge in [-0.1, -0.05) is 24.1 Å². The van der Waals surface area contributed by atoms with Crippen LogP contribution in [0, 0.1) is 12.3 Å². The number of carbonyl (C=O) groups excluding carboxylic acids is 1. The highest BCUT2D eigenvalue weighted by Crippen LogP contribution is 2.57. The Morgan fingerprint density at radius 2 is 1.88 bits per heavy atom. The third-order valence-electron chi connectivity index (χ3n) is 8.87. The third-order valence-corrected chi connectivity index (χ3v) is 8.87. The molecule has 3 N–H and O–H groups in total. The van der Waals surface area contributed by atoms with Gasteiger partial charge in [-0.2, -0.15) is 0 Å². The molecule has 2 aliphatic carbocycles. The number of amides is 1. The number of nitrogen functional groups attached to an aromatic ring is 1. The predicted octanol–water partition coefficient (Wildman–Crippen LogP) is 3.90. The number of pyridine rings is 1. The minimum absolute atomic E-state index is 0.208. The van der Waals surface area contributed by atoms with Gasteiger partial charge in [0, 0.05) is 40.3 Å². The van der Waals surface area contributed by atoms with Crippen molar-refractivity contribution in [3.8, 4) is 23.5 Å². The van der Waals surface area contributed by atoms with Crippen molar-refractivity contribution in [1.29, 1.82) is 0 Å². The predicted molar refractivity (Wildman–Crippen MR) is 161 cm³/mol. The highest BCUT2D eigenvalue weighted by molar-refractivity contribution is 6.04. The molecule has 7 rings (SSSR count). The van der Waals surface area contributed by atoms with Crippen molar-refractivity contribution in [1.82, 2.24) is 39.7 Å². The lowest BCUT2D eigenvalue weighted by Crippen LogP contribution is -2.45. The van der Waals surface area contributed by atoms with E-state index < -0.39 is 0 Å². The van der Waals surface area contributed by atoms with Gasteiger partial charge in [0.2, 0.25) is 0 Å². The van der Waals surface area contributed by atoms with Crippen molar-refractivity contribution in [3.63, 3.8) is 0 Å². The fraction of sp³-hybridized carbons (Fsp3) is 0.312. The maximum absolute atomic E-state index is 13.3. The Kier molecular flexibility index (Phi) is 5.95. The summed E-state index contributed by atoms with van der Waals surface area (Å²) in [5.41, 5.74) is 11.0. The van der Waals surface area contributed by atoms with Crippen LogP contribution in [0.5, 0.6) is 0 Å². The Bertz CT molecular complexity index is 1890. The summed E-state index contributed by atoms with van der Waals surface area (Å²) in [7, 11) is 3.94. The van der Waals surface area contributed by atoms with Gasteiger partial charge in [0.25, 0.3) is 5.91 Å². The lowest BCUT2D eigenvalue weighted by atomic mass is 9.90. The summed E-state index contributed by atoms with van der Waals surface area (Å²) < 4.78 is 2.20. The first-order valence-electron chi connectivity index (χ1n) is 14.1. The zero-order valence-electron chi connectivity index (χ0n) is 23.6. The van der Waals surface area contributed by atoms with E-state index in [1.165, 1.54) is 6.33 Å². The summed E-state index contributed by atoms with van der Waals surface area (Å²) in [6.45, 7) is 0.662. The minimum Gasteiger partial charge on any atom is -0.383 e. The number of nitrogens with one attached hydrogen (secondary N) is 1. The Balaban J connectivity index is 1.27. The van der Waals surface area contributed by atoms with Crippen LogP contribution in [0.3, 0.4) is 0 Å². The van der Waals surface area contributed by atoms with Crippen LogP contribution in [0.1, 0.15) is 54.0 Å². The summed E-state index contributed by atoms with van der Waals surface area (Å²) >= 11 is 0. The van der Waals surface area contributed by atoms with Crippen LogP contribution in [0.25, 0.3) is 33.1 Å². The van der Waals surface area contributed by atoms with E-state index in [0.29, 0.717) is 29.4 Å². The van der Waals surface area contributed by atoms with E-state index in [-0.39, 0.29) is 17.0 Å². The van der Waals surface area contributed by atoms with Gasteiger partial charge < -0.3 is 20.5 Å². The van der Waals surface area contributed by atoms with E-state index >= 15 is 0 Å².